The Hall–Kier alpha value is -1.82. The zero-order valence-electron chi connectivity index (χ0n) is 12.0. The van der Waals surface area contributed by atoms with Gasteiger partial charge in [0.25, 0.3) is 0 Å². The van der Waals surface area contributed by atoms with Crippen LogP contribution in [0.3, 0.4) is 0 Å². The number of carbonyl (C=O) groups excluding carboxylic acids is 1. The number of piperidine rings is 1. The van der Waals surface area contributed by atoms with Crippen molar-refractivity contribution in [3.05, 3.63) is 22.5 Å². The second-order valence-electron chi connectivity index (χ2n) is 5.13. The Labute approximate surface area is 128 Å². The van der Waals surface area contributed by atoms with Crippen molar-refractivity contribution in [2.75, 3.05) is 6.54 Å². The molecule has 0 radical (unpaired) electrons. The second kappa shape index (κ2) is 6.30. The fraction of sp³-hybridized carbons (Fsp3) is 0.500. The highest BCUT2D eigenvalue weighted by Gasteiger charge is 2.30. The molecule has 1 aromatic rings. The highest BCUT2D eigenvalue weighted by molar-refractivity contribution is 6.31. The predicted octanol–water partition coefficient (Wildman–Crippen LogP) is 1.86. The molecule has 1 aliphatic rings. The first-order valence-corrected chi connectivity index (χ1v) is 7.20. The van der Waals surface area contributed by atoms with Gasteiger partial charge in [-0.3, -0.25) is 9.48 Å². The molecule has 0 saturated carbocycles. The summed E-state index contributed by atoms with van der Waals surface area (Å²) in [5.74, 6) is -1.26. The Balaban J connectivity index is 2.16. The molecule has 1 atom stereocenters. The summed E-state index contributed by atoms with van der Waals surface area (Å²) in [7, 11) is 1.72. The van der Waals surface area contributed by atoms with E-state index >= 15 is 0 Å². The summed E-state index contributed by atoms with van der Waals surface area (Å²) in [5, 5.41) is 13.8. The molecular weight excluding hydrogens is 294 g/mol. The molecule has 0 spiro atoms. The van der Waals surface area contributed by atoms with Gasteiger partial charge in [0.15, 0.2) is 0 Å². The number of carbonyl (C=O) groups is 2. The fourth-order valence-corrected chi connectivity index (χ4v) is 2.78. The lowest BCUT2D eigenvalue weighted by Crippen LogP contribution is -2.47. The second-order valence-corrected chi connectivity index (χ2v) is 5.49. The average Bonchev–Trinajstić information content (AvgIpc) is 2.70. The first-order valence-electron chi connectivity index (χ1n) is 6.82. The predicted molar refractivity (Wildman–Crippen MR) is 79.0 cm³/mol. The molecule has 1 amide bonds. The van der Waals surface area contributed by atoms with Gasteiger partial charge in [0.1, 0.15) is 11.2 Å². The lowest BCUT2D eigenvalue weighted by Gasteiger charge is -2.32. The molecule has 0 aromatic carbocycles. The molecule has 1 N–H and O–H groups in total. The highest BCUT2D eigenvalue weighted by Crippen LogP contribution is 2.21. The number of likely N-dealkylation sites (tertiary alicyclic amines) is 1. The Bertz CT molecular complexity index is 595. The van der Waals surface area contributed by atoms with Gasteiger partial charge < -0.3 is 10.0 Å². The third-order valence-corrected chi connectivity index (χ3v) is 4.11. The average molecular weight is 312 g/mol. The Morgan fingerprint density at radius 1 is 1.43 bits per heavy atom. The SMILES string of the molecule is Cc1nn(C)c(Cl)c1C=CC(=O)N1CCCC[C@H]1C(=O)O. The van der Waals surface area contributed by atoms with E-state index in [2.05, 4.69) is 5.10 Å². The summed E-state index contributed by atoms with van der Waals surface area (Å²) in [4.78, 5) is 24.8. The van der Waals surface area contributed by atoms with Crippen molar-refractivity contribution >= 4 is 29.6 Å². The minimum absolute atomic E-state index is 0.304. The number of nitrogens with zero attached hydrogens (tertiary/aromatic N) is 3. The van der Waals surface area contributed by atoms with Gasteiger partial charge in [-0.15, -0.1) is 0 Å². The van der Waals surface area contributed by atoms with Gasteiger partial charge in [0.2, 0.25) is 5.91 Å². The largest absolute Gasteiger partial charge is 0.480 e. The summed E-state index contributed by atoms with van der Waals surface area (Å²) in [6, 6.07) is -0.735. The number of hydrogen-bond donors (Lipinski definition) is 1. The van der Waals surface area contributed by atoms with E-state index in [-0.39, 0.29) is 5.91 Å². The fourth-order valence-electron chi connectivity index (χ4n) is 2.54. The van der Waals surface area contributed by atoms with E-state index in [1.807, 2.05) is 0 Å². The number of carboxylic acid groups (broad SMARTS) is 1. The third kappa shape index (κ3) is 3.26. The van der Waals surface area contributed by atoms with Gasteiger partial charge in [-0.25, -0.2) is 4.79 Å². The molecule has 114 valence electrons. The van der Waals surface area contributed by atoms with Crippen LogP contribution in [-0.4, -0.2) is 44.3 Å². The van der Waals surface area contributed by atoms with Gasteiger partial charge in [-0.2, -0.15) is 5.10 Å². The van der Waals surface area contributed by atoms with E-state index in [0.717, 1.165) is 18.5 Å². The molecule has 7 heteroatoms. The molecule has 0 bridgehead atoms. The lowest BCUT2D eigenvalue weighted by atomic mass is 10.0. The Morgan fingerprint density at radius 3 is 2.71 bits per heavy atom. The molecular formula is C14H18ClN3O3. The van der Waals surface area contributed by atoms with Gasteiger partial charge >= 0.3 is 5.97 Å². The van der Waals surface area contributed by atoms with Crippen molar-refractivity contribution in [3.8, 4) is 0 Å². The van der Waals surface area contributed by atoms with Gasteiger partial charge in [0, 0.05) is 25.2 Å². The van der Waals surface area contributed by atoms with Crippen LogP contribution in [0.15, 0.2) is 6.08 Å². The molecule has 2 heterocycles. The molecule has 1 fully saturated rings. The summed E-state index contributed by atoms with van der Waals surface area (Å²) in [5.41, 5.74) is 1.40. The van der Waals surface area contributed by atoms with Crippen molar-refractivity contribution in [1.82, 2.24) is 14.7 Å². The van der Waals surface area contributed by atoms with Gasteiger partial charge in [0.05, 0.1) is 5.69 Å². The zero-order chi connectivity index (χ0) is 15.6. The molecule has 1 aromatic heterocycles. The first kappa shape index (κ1) is 15.6. The number of rotatable bonds is 3. The quantitative estimate of drug-likeness (QED) is 0.865. The minimum Gasteiger partial charge on any atom is -0.480 e. The van der Waals surface area contributed by atoms with Crippen LogP contribution in [0.1, 0.15) is 30.5 Å². The van der Waals surface area contributed by atoms with E-state index in [4.69, 9.17) is 11.6 Å². The highest BCUT2D eigenvalue weighted by atomic mass is 35.5. The zero-order valence-corrected chi connectivity index (χ0v) is 12.8. The summed E-state index contributed by atoms with van der Waals surface area (Å²) in [6.45, 7) is 2.27. The van der Waals surface area contributed by atoms with Crippen LogP contribution in [0.5, 0.6) is 0 Å². The molecule has 1 saturated heterocycles. The molecule has 21 heavy (non-hydrogen) atoms. The van der Waals surface area contributed by atoms with Crippen LogP contribution in [0.4, 0.5) is 0 Å². The van der Waals surface area contributed by atoms with Crippen LogP contribution >= 0.6 is 11.6 Å². The number of aliphatic carboxylic acids is 1. The Kier molecular flexibility index (Phi) is 4.67. The maximum Gasteiger partial charge on any atom is 0.326 e. The van der Waals surface area contributed by atoms with Crippen LogP contribution in [0.25, 0.3) is 6.08 Å². The van der Waals surface area contributed by atoms with Crippen molar-refractivity contribution in [1.29, 1.82) is 0 Å². The van der Waals surface area contributed by atoms with Crippen LogP contribution in [0.2, 0.25) is 5.15 Å². The topological polar surface area (TPSA) is 75.4 Å². The van der Waals surface area contributed by atoms with Gasteiger partial charge in [-0.1, -0.05) is 11.6 Å². The molecule has 1 aliphatic heterocycles. The number of halogens is 1. The van der Waals surface area contributed by atoms with Crippen molar-refractivity contribution in [2.24, 2.45) is 7.05 Å². The van der Waals surface area contributed by atoms with E-state index in [0.29, 0.717) is 23.7 Å². The number of amides is 1. The monoisotopic (exact) mass is 311 g/mol. The van der Waals surface area contributed by atoms with E-state index < -0.39 is 12.0 Å². The van der Waals surface area contributed by atoms with Gasteiger partial charge in [-0.05, 0) is 32.3 Å². The summed E-state index contributed by atoms with van der Waals surface area (Å²) < 4.78 is 1.53. The number of aromatic nitrogens is 2. The molecule has 0 unspecified atom stereocenters. The molecule has 2 rings (SSSR count). The minimum atomic E-state index is -0.952. The lowest BCUT2D eigenvalue weighted by molar-refractivity contribution is -0.150. The number of aryl methyl sites for hydroxylation is 2. The summed E-state index contributed by atoms with van der Waals surface area (Å²) >= 11 is 6.09. The summed E-state index contributed by atoms with van der Waals surface area (Å²) in [6.07, 6.45) is 5.13. The number of carboxylic acids is 1. The Morgan fingerprint density at radius 2 is 2.14 bits per heavy atom. The number of hydrogen-bond acceptors (Lipinski definition) is 3. The van der Waals surface area contributed by atoms with Crippen molar-refractivity contribution in [3.63, 3.8) is 0 Å². The first-order chi connectivity index (χ1) is 9.91. The van der Waals surface area contributed by atoms with E-state index in [9.17, 15) is 14.7 Å². The smallest absolute Gasteiger partial charge is 0.326 e. The van der Waals surface area contributed by atoms with Crippen molar-refractivity contribution < 1.29 is 14.7 Å². The van der Waals surface area contributed by atoms with E-state index in [1.165, 1.54) is 15.7 Å². The normalized spacial score (nSPS) is 19.2. The standard InChI is InChI=1S/C14H18ClN3O3/c1-9-10(13(15)17(2)16-9)6-7-12(19)18-8-4-3-5-11(18)14(20)21/h6-7,11H,3-5,8H2,1-2H3,(H,20,21)/t11-/m0/s1. The maximum absolute atomic E-state index is 12.2. The van der Waals surface area contributed by atoms with Crippen LogP contribution in [0, 0.1) is 6.92 Å². The van der Waals surface area contributed by atoms with E-state index in [1.54, 1.807) is 20.0 Å². The molecule has 6 nitrogen and oxygen atoms in total. The van der Waals surface area contributed by atoms with Crippen molar-refractivity contribution in [2.45, 2.75) is 32.2 Å². The maximum atomic E-state index is 12.2. The van der Waals surface area contributed by atoms with Crippen LogP contribution in [-0.2, 0) is 16.6 Å². The molecule has 0 aliphatic carbocycles. The third-order valence-electron chi connectivity index (χ3n) is 3.66. The van der Waals surface area contributed by atoms with Crippen LogP contribution < -0.4 is 0 Å².